The molecule has 1 saturated carbocycles. The van der Waals surface area contributed by atoms with E-state index in [1.807, 2.05) is 18.7 Å². The molecular formula is C14H23NO3. The SMILES string of the molecule is CC1(C)CCN(C(=O)C2C(C(=O)O)C2(C)C)CC1. The van der Waals surface area contributed by atoms with Crippen molar-refractivity contribution >= 4 is 11.9 Å². The molecule has 0 aromatic carbocycles. The van der Waals surface area contributed by atoms with Crippen LogP contribution < -0.4 is 0 Å². The molecule has 1 saturated heterocycles. The van der Waals surface area contributed by atoms with Crippen molar-refractivity contribution in [3.05, 3.63) is 0 Å². The van der Waals surface area contributed by atoms with Gasteiger partial charge in [0.25, 0.3) is 0 Å². The van der Waals surface area contributed by atoms with Gasteiger partial charge >= 0.3 is 5.97 Å². The third-order valence-corrected chi connectivity index (χ3v) is 4.79. The van der Waals surface area contributed by atoms with E-state index in [9.17, 15) is 9.59 Å². The zero-order valence-electron chi connectivity index (χ0n) is 11.7. The number of carboxylic acids is 1. The van der Waals surface area contributed by atoms with Gasteiger partial charge in [-0.3, -0.25) is 9.59 Å². The first-order chi connectivity index (χ1) is 8.17. The third kappa shape index (κ3) is 2.13. The summed E-state index contributed by atoms with van der Waals surface area (Å²) in [4.78, 5) is 25.3. The Labute approximate surface area is 108 Å². The maximum Gasteiger partial charge on any atom is 0.307 e. The normalized spacial score (nSPS) is 33.0. The van der Waals surface area contributed by atoms with E-state index in [4.69, 9.17) is 5.11 Å². The fourth-order valence-corrected chi connectivity index (χ4v) is 3.09. The van der Waals surface area contributed by atoms with Crippen LogP contribution in [0.4, 0.5) is 0 Å². The van der Waals surface area contributed by atoms with Crippen LogP contribution in [0.5, 0.6) is 0 Å². The molecule has 2 fully saturated rings. The molecule has 18 heavy (non-hydrogen) atoms. The highest BCUT2D eigenvalue weighted by Gasteiger charge is 2.66. The molecule has 1 heterocycles. The van der Waals surface area contributed by atoms with Gasteiger partial charge in [0.1, 0.15) is 0 Å². The lowest BCUT2D eigenvalue weighted by Gasteiger charge is -2.37. The molecular weight excluding hydrogens is 230 g/mol. The van der Waals surface area contributed by atoms with E-state index < -0.39 is 11.9 Å². The number of hydrogen-bond acceptors (Lipinski definition) is 2. The summed E-state index contributed by atoms with van der Waals surface area (Å²) in [7, 11) is 0. The van der Waals surface area contributed by atoms with Crippen LogP contribution in [0.3, 0.4) is 0 Å². The number of carbonyl (C=O) groups is 2. The van der Waals surface area contributed by atoms with Crippen molar-refractivity contribution in [2.45, 2.75) is 40.5 Å². The summed E-state index contributed by atoms with van der Waals surface area (Å²) in [5.41, 5.74) is -0.0715. The lowest BCUT2D eigenvalue weighted by molar-refractivity contribution is -0.142. The van der Waals surface area contributed by atoms with Crippen LogP contribution >= 0.6 is 0 Å². The number of carboxylic acid groups (broad SMARTS) is 1. The number of piperidine rings is 1. The predicted molar refractivity (Wildman–Crippen MR) is 68.0 cm³/mol. The molecule has 4 nitrogen and oxygen atoms in total. The molecule has 1 aliphatic carbocycles. The summed E-state index contributed by atoms with van der Waals surface area (Å²) in [6.45, 7) is 9.73. The highest BCUT2D eigenvalue weighted by molar-refractivity contribution is 5.91. The maximum atomic E-state index is 12.4. The van der Waals surface area contributed by atoms with E-state index in [1.54, 1.807) is 0 Å². The van der Waals surface area contributed by atoms with Crippen LogP contribution in [0.1, 0.15) is 40.5 Å². The number of hydrogen-bond donors (Lipinski definition) is 1. The summed E-state index contributed by atoms with van der Waals surface area (Å²) in [5.74, 6) is -1.62. The van der Waals surface area contributed by atoms with Gasteiger partial charge in [-0.2, -0.15) is 0 Å². The van der Waals surface area contributed by atoms with Crippen molar-refractivity contribution < 1.29 is 14.7 Å². The number of nitrogens with zero attached hydrogens (tertiary/aromatic N) is 1. The van der Waals surface area contributed by atoms with Crippen molar-refractivity contribution in [2.24, 2.45) is 22.7 Å². The largest absolute Gasteiger partial charge is 0.481 e. The van der Waals surface area contributed by atoms with E-state index in [0.717, 1.165) is 25.9 Å². The molecule has 1 aliphatic heterocycles. The summed E-state index contributed by atoms with van der Waals surface area (Å²) in [6, 6.07) is 0. The standard InChI is InChI=1S/C14H23NO3/c1-13(2)5-7-15(8-6-13)11(16)9-10(12(17)18)14(9,3)4/h9-10H,5-8H2,1-4H3,(H,17,18). The average molecular weight is 253 g/mol. The molecule has 2 unspecified atom stereocenters. The van der Waals surface area contributed by atoms with E-state index in [1.165, 1.54) is 0 Å². The number of rotatable bonds is 2. The van der Waals surface area contributed by atoms with Gasteiger partial charge in [-0.05, 0) is 23.7 Å². The number of aliphatic carboxylic acids is 1. The topological polar surface area (TPSA) is 57.6 Å². The smallest absolute Gasteiger partial charge is 0.307 e. The van der Waals surface area contributed by atoms with Gasteiger partial charge < -0.3 is 10.0 Å². The van der Waals surface area contributed by atoms with Crippen LogP contribution in [0.25, 0.3) is 0 Å². The van der Waals surface area contributed by atoms with Gasteiger partial charge in [0.15, 0.2) is 0 Å². The minimum Gasteiger partial charge on any atom is -0.481 e. The van der Waals surface area contributed by atoms with E-state index in [0.29, 0.717) is 5.41 Å². The van der Waals surface area contributed by atoms with Crippen LogP contribution in [-0.4, -0.2) is 35.0 Å². The Morgan fingerprint density at radius 2 is 1.56 bits per heavy atom. The second-order valence-electron chi connectivity index (χ2n) is 7.10. The van der Waals surface area contributed by atoms with Gasteiger partial charge in [-0.1, -0.05) is 27.7 Å². The number of carbonyl (C=O) groups excluding carboxylic acids is 1. The molecule has 102 valence electrons. The lowest BCUT2D eigenvalue weighted by atomic mass is 9.82. The molecule has 2 atom stereocenters. The Morgan fingerprint density at radius 3 is 1.94 bits per heavy atom. The fraction of sp³-hybridized carbons (Fsp3) is 0.857. The van der Waals surface area contributed by atoms with Gasteiger partial charge in [-0.25, -0.2) is 0 Å². The average Bonchev–Trinajstić information content (AvgIpc) is 2.80. The van der Waals surface area contributed by atoms with Crippen LogP contribution in [0, 0.1) is 22.7 Å². The van der Waals surface area contributed by atoms with Gasteiger partial charge in [0.2, 0.25) is 5.91 Å². The summed E-state index contributed by atoms with van der Waals surface area (Å²) < 4.78 is 0. The van der Waals surface area contributed by atoms with E-state index >= 15 is 0 Å². The zero-order valence-corrected chi connectivity index (χ0v) is 11.7. The van der Waals surface area contributed by atoms with Crippen molar-refractivity contribution in [2.75, 3.05) is 13.1 Å². The third-order valence-electron chi connectivity index (χ3n) is 4.79. The van der Waals surface area contributed by atoms with Gasteiger partial charge in [0.05, 0.1) is 11.8 Å². The summed E-state index contributed by atoms with van der Waals surface area (Å²) in [6.07, 6.45) is 2.01. The molecule has 2 rings (SSSR count). The van der Waals surface area contributed by atoms with Crippen molar-refractivity contribution in [1.29, 1.82) is 0 Å². The molecule has 0 spiro atoms. The lowest BCUT2D eigenvalue weighted by Crippen LogP contribution is -2.42. The molecule has 0 bridgehead atoms. The fourth-order valence-electron chi connectivity index (χ4n) is 3.09. The summed E-state index contributed by atoms with van der Waals surface area (Å²) in [5, 5.41) is 9.12. The molecule has 0 radical (unpaired) electrons. The maximum absolute atomic E-state index is 12.4. The predicted octanol–water partition coefficient (Wildman–Crippen LogP) is 1.99. The number of amides is 1. The highest BCUT2D eigenvalue weighted by atomic mass is 16.4. The first kappa shape index (κ1) is 13.4. The second kappa shape index (κ2) is 3.97. The summed E-state index contributed by atoms with van der Waals surface area (Å²) >= 11 is 0. The Morgan fingerprint density at radius 1 is 1.06 bits per heavy atom. The van der Waals surface area contributed by atoms with E-state index in [2.05, 4.69) is 13.8 Å². The van der Waals surface area contributed by atoms with E-state index in [-0.39, 0.29) is 17.2 Å². The van der Waals surface area contributed by atoms with Crippen LogP contribution in [0.15, 0.2) is 0 Å². The zero-order chi connectivity index (χ0) is 13.7. The Kier molecular flexibility index (Phi) is 2.95. The van der Waals surface area contributed by atoms with Crippen LogP contribution in [-0.2, 0) is 9.59 Å². The monoisotopic (exact) mass is 253 g/mol. The first-order valence-corrected chi connectivity index (χ1v) is 6.68. The van der Waals surface area contributed by atoms with Crippen LogP contribution in [0.2, 0.25) is 0 Å². The van der Waals surface area contributed by atoms with Crippen molar-refractivity contribution in [3.8, 4) is 0 Å². The molecule has 4 heteroatoms. The molecule has 2 aliphatic rings. The first-order valence-electron chi connectivity index (χ1n) is 6.68. The molecule has 1 N–H and O–H groups in total. The highest BCUT2D eigenvalue weighted by Crippen LogP contribution is 2.59. The van der Waals surface area contributed by atoms with Gasteiger partial charge in [0, 0.05) is 13.1 Å². The van der Waals surface area contributed by atoms with Gasteiger partial charge in [-0.15, -0.1) is 0 Å². The Hall–Kier alpha value is -1.06. The minimum absolute atomic E-state index is 0.0444. The quantitative estimate of drug-likeness (QED) is 0.818. The Balaban J connectivity index is 2.00. The van der Waals surface area contributed by atoms with Crippen molar-refractivity contribution in [1.82, 2.24) is 4.90 Å². The second-order valence-corrected chi connectivity index (χ2v) is 7.10. The molecule has 0 aromatic heterocycles. The molecule has 0 aromatic rings. The minimum atomic E-state index is -0.837. The van der Waals surface area contributed by atoms with Crippen molar-refractivity contribution in [3.63, 3.8) is 0 Å². The Bertz CT molecular complexity index is 377. The number of likely N-dealkylation sites (tertiary alicyclic amines) is 1. The molecule has 1 amide bonds.